The minimum Gasteiger partial charge on any atom is -0.457 e. The molecule has 2 rings (SSSR count). The number of aldehydes is 1. The van der Waals surface area contributed by atoms with Crippen molar-refractivity contribution in [1.29, 1.82) is 0 Å². The van der Waals surface area contributed by atoms with Crippen LogP contribution in [0.2, 0.25) is 0 Å². The molecule has 0 bridgehead atoms. The van der Waals surface area contributed by atoms with Crippen molar-refractivity contribution in [2.24, 2.45) is 11.8 Å². The number of aliphatic hydroxyl groups excluding tert-OH is 1. The predicted octanol–water partition coefficient (Wildman–Crippen LogP) is 8.05. The molecule has 5 atom stereocenters. The van der Waals surface area contributed by atoms with E-state index in [0.717, 1.165) is 19.3 Å². The van der Waals surface area contributed by atoms with Gasteiger partial charge in [0.25, 0.3) is 0 Å². The molecule has 0 aromatic rings. The van der Waals surface area contributed by atoms with Gasteiger partial charge in [0.2, 0.25) is 0 Å². The Morgan fingerprint density at radius 1 is 0.957 bits per heavy atom. The van der Waals surface area contributed by atoms with Gasteiger partial charge in [-0.2, -0.15) is 0 Å². The first-order valence-corrected chi connectivity index (χ1v) is 18.0. The molecule has 1 aliphatic carbocycles. The average Bonchev–Trinajstić information content (AvgIpc) is 3.33. The second kappa shape index (κ2) is 22.7. The van der Waals surface area contributed by atoms with E-state index in [9.17, 15) is 24.3 Å². The number of rotatable bonds is 22. The van der Waals surface area contributed by atoms with Gasteiger partial charge in [-0.3, -0.25) is 14.4 Å². The maximum Gasteiger partial charge on any atom is 0.334 e. The summed E-state index contributed by atoms with van der Waals surface area (Å²) < 4.78 is 17.4. The van der Waals surface area contributed by atoms with Crippen LogP contribution in [-0.4, -0.2) is 54.2 Å². The van der Waals surface area contributed by atoms with Gasteiger partial charge in [-0.05, 0) is 37.3 Å². The van der Waals surface area contributed by atoms with Crippen LogP contribution in [0.1, 0.15) is 143 Å². The Balaban J connectivity index is 1.96. The summed E-state index contributed by atoms with van der Waals surface area (Å²) >= 11 is 0. The summed E-state index contributed by atoms with van der Waals surface area (Å²) in [5.41, 5.74) is 0.835. The van der Waals surface area contributed by atoms with Crippen molar-refractivity contribution < 1.29 is 38.5 Å². The fourth-order valence-electron chi connectivity index (χ4n) is 6.14. The first kappa shape index (κ1) is 39.4. The lowest BCUT2D eigenvalue weighted by atomic mass is 9.83. The van der Waals surface area contributed by atoms with Crippen molar-refractivity contribution in [1.82, 2.24) is 0 Å². The highest BCUT2D eigenvalue weighted by atomic mass is 16.6. The lowest BCUT2D eigenvalue weighted by molar-refractivity contribution is -0.172. The van der Waals surface area contributed by atoms with Gasteiger partial charge in [0, 0.05) is 17.6 Å². The zero-order valence-corrected chi connectivity index (χ0v) is 28.8. The molecule has 260 valence electrons. The Kier molecular flexibility index (Phi) is 19.5. The molecule has 1 N–H and O–H groups in total. The van der Waals surface area contributed by atoms with Crippen molar-refractivity contribution in [3.8, 4) is 0 Å². The Hall–Kier alpha value is -2.74. The summed E-state index contributed by atoms with van der Waals surface area (Å²) in [5, 5.41) is 9.89. The molecule has 8 heteroatoms. The number of ether oxygens (including phenoxy) is 3. The van der Waals surface area contributed by atoms with Gasteiger partial charge >= 0.3 is 17.9 Å². The number of esters is 3. The SMILES string of the molecule is C=C1C(=O)O[C@@H]2/C=C(\CO)CC/C=C(/C=O)[C@H](OC(=O)CCCCCCCCCCCCCCCCC)[C@@H](OC(=O)[C@H](C)CC)[C@@H]12. The van der Waals surface area contributed by atoms with Crippen LogP contribution in [0.5, 0.6) is 0 Å². The van der Waals surface area contributed by atoms with Crippen LogP contribution in [0.15, 0.2) is 35.5 Å². The summed E-state index contributed by atoms with van der Waals surface area (Å²) in [5.74, 6) is -3.04. The summed E-state index contributed by atoms with van der Waals surface area (Å²) in [4.78, 5) is 51.2. The topological polar surface area (TPSA) is 116 Å². The van der Waals surface area contributed by atoms with Crippen LogP contribution in [-0.2, 0) is 33.4 Å². The molecule has 0 saturated carbocycles. The van der Waals surface area contributed by atoms with Crippen molar-refractivity contribution in [3.63, 3.8) is 0 Å². The highest BCUT2D eigenvalue weighted by Gasteiger charge is 2.49. The Morgan fingerprint density at radius 3 is 2.04 bits per heavy atom. The molecule has 1 fully saturated rings. The maximum absolute atomic E-state index is 13.1. The molecule has 1 aliphatic heterocycles. The van der Waals surface area contributed by atoms with E-state index in [4.69, 9.17) is 14.2 Å². The molecule has 0 spiro atoms. The highest BCUT2D eigenvalue weighted by Crippen LogP contribution is 2.38. The van der Waals surface area contributed by atoms with E-state index in [1.807, 2.05) is 6.92 Å². The van der Waals surface area contributed by atoms with Gasteiger partial charge < -0.3 is 19.3 Å². The molecule has 0 aromatic heterocycles. The molecule has 2 aliphatic rings. The number of carbonyl (C=O) groups is 4. The normalized spacial score (nSPS) is 24.5. The zero-order chi connectivity index (χ0) is 33.7. The average molecular weight is 645 g/mol. The molecule has 8 nitrogen and oxygen atoms in total. The Morgan fingerprint density at radius 2 is 1.52 bits per heavy atom. The number of unbranched alkanes of at least 4 members (excludes halogenated alkanes) is 14. The monoisotopic (exact) mass is 644 g/mol. The molecule has 0 aromatic carbocycles. The quantitative estimate of drug-likeness (QED) is 0.0314. The molecule has 46 heavy (non-hydrogen) atoms. The first-order valence-electron chi connectivity index (χ1n) is 18.0. The van der Waals surface area contributed by atoms with Crippen LogP contribution in [0.4, 0.5) is 0 Å². The highest BCUT2D eigenvalue weighted by molar-refractivity contribution is 5.91. The molecular formula is C38H60O8. The van der Waals surface area contributed by atoms with Crippen LogP contribution in [0.25, 0.3) is 0 Å². The third-order valence-corrected chi connectivity index (χ3v) is 9.34. The van der Waals surface area contributed by atoms with E-state index in [0.29, 0.717) is 37.5 Å². The van der Waals surface area contributed by atoms with E-state index in [1.54, 1.807) is 19.1 Å². The number of hydrogen-bond acceptors (Lipinski definition) is 8. The van der Waals surface area contributed by atoms with Crippen LogP contribution < -0.4 is 0 Å². The number of aliphatic hydroxyl groups is 1. The number of allylic oxidation sites excluding steroid dienone is 1. The Bertz CT molecular complexity index is 1030. The largest absolute Gasteiger partial charge is 0.457 e. The van der Waals surface area contributed by atoms with Crippen molar-refractivity contribution >= 4 is 24.2 Å². The maximum atomic E-state index is 13.1. The molecule has 1 saturated heterocycles. The summed E-state index contributed by atoms with van der Waals surface area (Å²) in [6, 6.07) is 0. The van der Waals surface area contributed by atoms with Gasteiger partial charge in [0.05, 0.1) is 18.4 Å². The van der Waals surface area contributed by atoms with Crippen LogP contribution in [0.3, 0.4) is 0 Å². The molecule has 0 unspecified atom stereocenters. The Labute approximate surface area is 277 Å². The first-order chi connectivity index (χ1) is 22.3. The molecule has 0 radical (unpaired) electrons. The van der Waals surface area contributed by atoms with Crippen LogP contribution in [0, 0.1) is 11.8 Å². The fourth-order valence-corrected chi connectivity index (χ4v) is 6.14. The number of hydrogen-bond donors (Lipinski definition) is 1. The van der Waals surface area contributed by atoms with Gasteiger partial charge in [-0.15, -0.1) is 0 Å². The van der Waals surface area contributed by atoms with E-state index in [2.05, 4.69) is 13.5 Å². The summed E-state index contributed by atoms with van der Waals surface area (Å²) in [6.45, 7) is 9.47. The lowest BCUT2D eigenvalue weighted by Crippen LogP contribution is -2.46. The third-order valence-electron chi connectivity index (χ3n) is 9.34. The number of fused-ring (bicyclic) bond motifs is 1. The predicted molar refractivity (Wildman–Crippen MR) is 180 cm³/mol. The van der Waals surface area contributed by atoms with E-state index < -0.39 is 48.1 Å². The molecule has 1 heterocycles. The zero-order valence-electron chi connectivity index (χ0n) is 28.8. The van der Waals surface area contributed by atoms with E-state index >= 15 is 0 Å². The standard InChI is InChI=1S/C38H60O8/c1-5-7-8-9-10-11-12-13-14-15-16-17-18-19-20-24-33(41)45-35-31(27-40)23-21-22-30(26-39)25-32-34(29(4)38(43)44-32)36(35)46-37(42)28(3)6-2/h23,25,27-28,32,34-36,39H,4-22,24,26H2,1-3H3/b30-25-,31-23-/t28-,32-,34+,35+,36+/m1/s1. The minimum absolute atomic E-state index is 0.0646. The van der Waals surface area contributed by atoms with Crippen molar-refractivity contribution in [2.45, 2.75) is 161 Å². The van der Waals surface area contributed by atoms with Crippen molar-refractivity contribution in [2.75, 3.05) is 6.61 Å². The second-order valence-corrected chi connectivity index (χ2v) is 13.1. The van der Waals surface area contributed by atoms with Gasteiger partial charge in [0.15, 0.2) is 12.2 Å². The third kappa shape index (κ3) is 13.5. The smallest absolute Gasteiger partial charge is 0.334 e. The van der Waals surface area contributed by atoms with E-state index in [-0.39, 0.29) is 24.2 Å². The minimum atomic E-state index is -1.22. The van der Waals surface area contributed by atoms with E-state index in [1.165, 1.54) is 70.6 Å². The lowest BCUT2D eigenvalue weighted by Gasteiger charge is -2.33. The molecular weight excluding hydrogens is 584 g/mol. The number of carbonyl (C=O) groups excluding carboxylic acids is 4. The van der Waals surface area contributed by atoms with Gasteiger partial charge in [-0.1, -0.05) is 123 Å². The van der Waals surface area contributed by atoms with Gasteiger partial charge in [0.1, 0.15) is 12.4 Å². The summed E-state index contributed by atoms with van der Waals surface area (Å²) in [7, 11) is 0. The van der Waals surface area contributed by atoms with Crippen LogP contribution >= 0.6 is 0 Å². The molecule has 0 amide bonds. The second-order valence-electron chi connectivity index (χ2n) is 13.1. The summed E-state index contributed by atoms with van der Waals surface area (Å²) in [6.07, 6.45) is 20.4. The van der Waals surface area contributed by atoms with Gasteiger partial charge in [-0.25, -0.2) is 4.79 Å². The van der Waals surface area contributed by atoms with Crippen molar-refractivity contribution in [3.05, 3.63) is 35.5 Å². The fraction of sp³-hybridized carbons (Fsp3) is 0.737.